The first-order valence-electron chi connectivity index (χ1n) is 8.32. The zero-order valence-electron chi connectivity index (χ0n) is 14.9. The second kappa shape index (κ2) is 7.50. The van der Waals surface area contributed by atoms with Crippen LogP contribution in [0.1, 0.15) is 11.1 Å². The molecule has 2 aromatic rings. The fourth-order valence-electron chi connectivity index (χ4n) is 3.05. The van der Waals surface area contributed by atoms with Crippen molar-refractivity contribution in [3.63, 3.8) is 0 Å². The van der Waals surface area contributed by atoms with Crippen molar-refractivity contribution in [2.75, 3.05) is 25.1 Å². The predicted octanol–water partition coefficient (Wildman–Crippen LogP) is 3.00. The fourth-order valence-corrected chi connectivity index (χ4v) is 3.22. The lowest BCUT2D eigenvalue weighted by Gasteiger charge is -2.21. The molecule has 1 N–H and O–H groups in total. The van der Waals surface area contributed by atoms with Crippen LogP contribution < -0.4 is 4.90 Å². The molecule has 0 saturated carbocycles. The Balaban J connectivity index is 2.16. The maximum Gasteiger partial charge on any atom is 0.282 e. The molecule has 140 valence electrons. The normalized spacial score (nSPS) is 14.3. The van der Waals surface area contributed by atoms with Gasteiger partial charge in [-0.3, -0.25) is 9.59 Å². The highest BCUT2D eigenvalue weighted by atomic mass is 35.5. The van der Waals surface area contributed by atoms with Gasteiger partial charge < -0.3 is 10.0 Å². The highest BCUT2D eigenvalue weighted by Crippen LogP contribution is 2.36. The van der Waals surface area contributed by atoms with Crippen LogP contribution in [0, 0.1) is 12.7 Å². The molecule has 0 spiro atoms. The maximum absolute atomic E-state index is 13.3. The van der Waals surface area contributed by atoms with Crippen LogP contribution in [0.4, 0.5) is 10.1 Å². The monoisotopic (exact) mass is 388 g/mol. The molecule has 0 radical (unpaired) electrons. The van der Waals surface area contributed by atoms with Crippen molar-refractivity contribution in [1.82, 2.24) is 4.90 Å². The van der Waals surface area contributed by atoms with E-state index >= 15 is 0 Å². The van der Waals surface area contributed by atoms with E-state index in [0.29, 0.717) is 21.8 Å². The molecule has 0 bridgehead atoms. The van der Waals surface area contributed by atoms with Gasteiger partial charge in [-0.1, -0.05) is 29.8 Å². The van der Waals surface area contributed by atoms with Gasteiger partial charge in [0.15, 0.2) is 0 Å². The number of anilines is 1. The van der Waals surface area contributed by atoms with Crippen molar-refractivity contribution in [3.8, 4) is 0 Å². The molecule has 0 saturated heterocycles. The molecule has 2 amide bonds. The van der Waals surface area contributed by atoms with Crippen molar-refractivity contribution in [2.45, 2.75) is 6.92 Å². The van der Waals surface area contributed by atoms with E-state index in [1.807, 2.05) is 0 Å². The molecule has 0 aromatic heterocycles. The average Bonchev–Trinajstić information content (AvgIpc) is 2.89. The highest BCUT2D eigenvalue weighted by Gasteiger charge is 2.42. The van der Waals surface area contributed by atoms with Gasteiger partial charge in [0.25, 0.3) is 11.8 Å². The lowest BCUT2D eigenvalue weighted by atomic mass is 10.0. The van der Waals surface area contributed by atoms with Crippen LogP contribution in [0.2, 0.25) is 5.02 Å². The maximum atomic E-state index is 13.3. The average molecular weight is 389 g/mol. The largest absolute Gasteiger partial charge is 0.395 e. The Labute approximate surface area is 161 Å². The van der Waals surface area contributed by atoms with Gasteiger partial charge in [0.1, 0.15) is 11.5 Å². The third kappa shape index (κ3) is 3.46. The van der Waals surface area contributed by atoms with E-state index < -0.39 is 17.6 Å². The second-order valence-corrected chi connectivity index (χ2v) is 6.69. The molecule has 3 rings (SSSR count). The number of aliphatic hydroxyl groups excluding tert-OH is 1. The van der Waals surface area contributed by atoms with E-state index in [1.54, 1.807) is 32.2 Å². The zero-order valence-corrected chi connectivity index (χ0v) is 15.6. The predicted molar refractivity (Wildman–Crippen MR) is 102 cm³/mol. The number of rotatable bonds is 5. The summed E-state index contributed by atoms with van der Waals surface area (Å²) in [5.74, 6) is -1.47. The van der Waals surface area contributed by atoms with Gasteiger partial charge in [0.05, 0.1) is 17.9 Å². The number of amides is 2. The first kappa shape index (κ1) is 19.1. The van der Waals surface area contributed by atoms with E-state index in [2.05, 4.69) is 0 Å². The molecular formula is C20H18ClFN2O3. The topological polar surface area (TPSA) is 60.9 Å². The summed E-state index contributed by atoms with van der Waals surface area (Å²) in [6.45, 7) is 1.76. The Morgan fingerprint density at radius 1 is 1.11 bits per heavy atom. The van der Waals surface area contributed by atoms with Crippen LogP contribution in [-0.4, -0.2) is 42.0 Å². The number of carbonyl (C=O) groups is 2. The standard InChI is InChI=1S/C20H18ClFN2O3/c1-12-3-6-14(21)11-16(12)24-19(26)17(13-4-7-15(22)8-5-13)18(20(24)27)23(2)9-10-25/h3-8,11,25H,9-10H2,1-2H3. The smallest absolute Gasteiger partial charge is 0.282 e. The van der Waals surface area contributed by atoms with Crippen LogP contribution in [0.25, 0.3) is 5.57 Å². The molecule has 1 aliphatic heterocycles. The molecule has 1 heterocycles. The fraction of sp³-hybridized carbons (Fsp3) is 0.200. The van der Waals surface area contributed by atoms with Crippen LogP contribution in [0.5, 0.6) is 0 Å². The summed E-state index contributed by atoms with van der Waals surface area (Å²) in [6.07, 6.45) is 0. The summed E-state index contributed by atoms with van der Waals surface area (Å²) >= 11 is 6.06. The number of nitrogens with zero attached hydrogens (tertiary/aromatic N) is 2. The molecule has 2 aromatic carbocycles. The van der Waals surface area contributed by atoms with Crippen LogP contribution in [-0.2, 0) is 9.59 Å². The minimum Gasteiger partial charge on any atom is -0.395 e. The van der Waals surface area contributed by atoms with Crippen molar-refractivity contribution < 1.29 is 19.1 Å². The van der Waals surface area contributed by atoms with Gasteiger partial charge in [0, 0.05) is 18.6 Å². The Bertz CT molecular complexity index is 941. The Morgan fingerprint density at radius 2 is 1.78 bits per heavy atom. The summed E-state index contributed by atoms with van der Waals surface area (Å²) in [7, 11) is 1.62. The summed E-state index contributed by atoms with van der Waals surface area (Å²) in [5, 5.41) is 9.66. The van der Waals surface area contributed by atoms with Crippen LogP contribution in [0.15, 0.2) is 48.2 Å². The van der Waals surface area contributed by atoms with Crippen molar-refractivity contribution in [3.05, 3.63) is 70.1 Å². The lowest BCUT2D eigenvalue weighted by Crippen LogP contribution is -2.35. The number of aliphatic hydroxyl groups is 1. The highest BCUT2D eigenvalue weighted by molar-refractivity contribution is 6.45. The molecular weight excluding hydrogens is 371 g/mol. The third-order valence-corrected chi connectivity index (χ3v) is 4.66. The Hall–Kier alpha value is -2.70. The summed E-state index contributed by atoms with van der Waals surface area (Å²) < 4.78 is 13.3. The molecule has 7 heteroatoms. The molecule has 27 heavy (non-hydrogen) atoms. The molecule has 0 aliphatic carbocycles. The zero-order chi connectivity index (χ0) is 19.7. The minimum atomic E-state index is -0.517. The summed E-state index contributed by atoms with van der Waals surface area (Å²) in [5.41, 5.74) is 1.85. The van der Waals surface area contributed by atoms with E-state index in [9.17, 15) is 19.1 Å². The molecule has 0 unspecified atom stereocenters. The number of hydrogen-bond donors (Lipinski definition) is 1. The molecule has 0 fully saturated rings. The van der Waals surface area contributed by atoms with Crippen LogP contribution >= 0.6 is 11.6 Å². The number of benzene rings is 2. The van der Waals surface area contributed by atoms with E-state index in [0.717, 1.165) is 4.90 Å². The number of hydrogen-bond acceptors (Lipinski definition) is 4. The van der Waals surface area contributed by atoms with Gasteiger partial charge in [-0.2, -0.15) is 0 Å². The quantitative estimate of drug-likeness (QED) is 0.800. The van der Waals surface area contributed by atoms with Gasteiger partial charge in [-0.15, -0.1) is 0 Å². The molecule has 0 atom stereocenters. The Morgan fingerprint density at radius 3 is 2.41 bits per heavy atom. The second-order valence-electron chi connectivity index (χ2n) is 6.25. The van der Waals surface area contributed by atoms with E-state index in [4.69, 9.17) is 11.6 Å². The summed E-state index contributed by atoms with van der Waals surface area (Å²) in [4.78, 5) is 29.0. The number of imide groups is 1. The SMILES string of the molecule is Cc1ccc(Cl)cc1N1C(=O)C(c2ccc(F)cc2)=C(N(C)CCO)C1=O. The van der Waals surface area contributed by atoms with E-state index in [1.165, 1.54) is 29.2 Å². The van der Waals surface area contributed by atoms with Gasteiger partial charge in [-0.05, 0) is 42.3 Å². The van der Waals surface area contributed by atoms with Gasteiger partial charge in [-0.25, -0.2) is 9.29 Å². The van der Waals surface area contributed by atoms with Gasteiger partial charge in [0.2, 0.25) is 0 Å². The first-order chi connectivity index (χ1) is 12.8. The number of likely N-dealkylation sites (N-methyl/N-ethyl adjacent to an activating group) is 1. The number of aryl methyl sites for hydroxylation is 1. The molecule has 1 aliphatic rings. The van der Waals surface area contributed by atoms with Crippen molar-refractivity contribution >= 4 is 34.7 Å². The van der Waals surface area contributed by atoms with Crippen molar-refractivity contribution in [2.24, 2.45) is 0 Å². The lowest BCUT2D eigenvalue weighted by molar-refractivity contribution is -0.120. The van der Waals surface area contributed by atoms with Crippen molar-refractivity contribution in [1.29, 1.82) is 0 Å². The molecule has 5 nitrogen and oxygen atoms in total. The summed E-state index contributed by atoms with van der Waals surface area (Å²) in [6, 6.07) is 10.3. The Kier molecular flexibility index (Phi) is 5.30. The van der Waals surface area contributed by atoms with Gasteiger partial charge >= 0.3 is 0 Å². The number of halogens is 2. The minimum absolute atomic E-state index is 0.153. The van der Waals surface area contributed by atoms with E-state index in [-0.39, 0.29) is 24.4 Å². The van der Waals surface area contributed by atoms with Crippen LogP contribution in [0.3, 0.4) is 0 Å². The first-order valence-corrected chi connectivity index (χ1v) is 8.70. The third-order valence-electron chi connectivity index (χ3n) is 4.42. The number of carbonyl (C=O) groups excluding carboxylic acids is 2.